The van der Waals surface area contributed by atoms with Crippen molar-refractivity contribution in [3.05, 3.63) is 70.6 Å². The van der Waals surface area contributed by atoms with Crippen LogP contribution >= 0.6 is 0 Å². The van der Waals surface area contributed by atoms with Crippen molar-refractivity contribution in [2.24, 2.45) is 12.5 Å². The van der Waals surface area contributed by atoms with Crippen molar-refractivity contribution in [1.29, 1.82) is 0 Å². The monoisotopic (exact) mass is 502 g/mol. The largest absolute Gasteiger partial charge is 0.480 e. The number of fused-ring (bicyclic) bond motifs is 2. The summed E-state index contributed by atoms with van der Waals surface area (Å²) in [6.07, 6.45) is 2.36. The van der Waals surface area contributed by atoms with Crippen molar-refractivity contribution >= 4 is 17.7 Å². The Bertz CT molecular complexity index is 1380. The molecule has 2 aromatic heterocycles. The van der Waals surface area contributed by atoms with Crippen LogP contribution in [0.25, 0.3) is 11.3 Å². The van der Waals surface area contributed by atoms with Crippen molar-refractivity contribution in [3.8, 4) is 11.3 Å². The molecule has 2 saturated heterocycles. The third kappa shape index (κ3) is 4.17. The fourth-order valence-corrected chi connectivity index (χ4v) is 5.88. The first-order chi connectivity index (χ1) is 17.5. The Morgan fingerprint density at radius 1 is 1.22 bits per heavy atom. The number of piperazine rings is 1. The van der Waals surface area contributed by atoms with Gasteiger partial charge >= 0.3 is 5.97 Å². The average molecular weight is 503 g/mol. The number of aliphatic carboxylic acids is 1. The third-order valence-electron chi connectivity index (χ3n) is 7.98. The summed E-state index contributed by atoms with van der Waals surface area (Å²) in [6, 6.07) is 14.4. The summed E-state index contributed by atoms with van der Waals surface area (Å²) in [4.78, 5) is 36.9. The van der Waals surface area contributed by atoms with Crippen LogP contribution in [0.2, 0.25) is 0 Å². The molecule has 1 aromatic carbocycles. The molecule has 9 nitrogen and oxygen atoms in total. The number of carbonyl (C=O) groups is 1. The van der Waals surface area contributed by atoms with E-state index in [1.165, 1.54) is 10.6 Å². The molecule has 2 aliphatic heterocycles. The smallest absolute Gasteiger partial charge is 0.328 e. The number of aromatic nitrogens is 3. The SMILES string of the molecule is C[C@@H](Nc1cc(-c2cc(=O)n(C)c(N3C4CNC(C(C)(C)C)(C4)C3C(=O)O)n2)ccn1)c1ccccc1. The molecule has 0 aliphatic carbocycles. The van der Waals surface area contributed by atoms with Gasteiger partial charge in [0.2, 0.25) is 5.95 Å². The molecule has 0 spiro atoms. The quantitative estimate of drug-likeness (QED) is 0.470. The molecule has 3 aromatic rings. The molecule has 3 N–H and O–H groups in total. The number of anilines is 2. The second-order valence-corrected chi connectivity index (χ2v) is 11.2. The maximum atomic E-state index is 13.1. The first kappa shape index (κ1) is 25.0. The Morgan fingerprint density at radius 3 is 2.62 bits per heavy atom. The van der Waals surface area contributed by atoms with E-state index in [1.54, 1.807) is 13.2 Å². The molecular weight excluding hydrogens is 468 g/mol. The summed E-state index contributed by atoms with van der Waals surface area (Å²) in [6.45, 7) is 8.89. The van der Waals surface area contributed by atoms with Crippen LogP contribution in [-0.2, 0) is 11.8 Å². The van der Waals surface area contributed by atoms with Crippen LogP contribution in [0.4, 0.5) is 11.8 Å². The molecule has 3 unspecified atom stereocenters. The number of hydrogen-bond donors (Lipinski definition) is 3. The minimum Gasteiger partial charge on any atom is -0.480 e. The number of carboxylic acid groups (broad SMARTS) is 1. The number of nitrogens with zero attached hydrogens (tertiary/aromatic N) is 4. The molecule has 9 heteroatoms. The zero-order chi connectivity index (χ0) is 26.5. The predicted octanol–water partition coefficient (Wildman–Crippen LogP) is 3.44. The Balaban J connectivity index is 1.52. The van der Waals surface area contributed by atoms with E-state index in [2.05, 4.69) is 55.4 Å². The lowest BCUT2D eigenvalue weighted by Crippen LogP contribution is -2.67. The predicted molar refractivity (Wildman–Crippen MR) is 144 cm³/mol. The number of rotatable bonds is 6. The summed E-state index contributed by atoms with van der Waals surface area (Å²) in [5, 5.41) is 17.3. The lowest BCUT2D eigenvalue weighted by Gasteiger charge is -2.47. The number of nitrogens with one attached hydrogen (secondary N) is 2. The topological polar surface area (TPSA) is 112 Å². The van der Waals surface area contributed by atoms with Crippen molar-refractivity contribution in [1.82, 2.24) is 19.9 Å². The van der Waals surface area contributed by atoms with Gasteiger partial charge in [-0.15, -0.1) is 0 Å². The molecule has 2 bridgehead atoms. The minimum absolute atomic E-state index is 0.0358. The Morgan fingerprint density at radius 2 is 1.95 bits per heavy atom. The Kier molecular flexibility index (Phi) is 6.06. The van der Waals surface area contributed by atoms with E-state index in [1.807, 2.05) is 35.2 Å². The highest BCUT2D eigenvalue weighted by Gasteiger charge is 2.65. The molecule has 5 rings (SSSR count). The van der Waals surface area contributed by atoms with Gasteiger partial charge in [0.15, 0.2) is 0 Å². The van der Waals surface area contributed by atoms with Gasteiger partial charge in [0.1, 0.15) is 11.9 Å². The summed E-state index contributed by atoms with van der Waals surface area (Å²) in [5.74, 6) is 0.114. The van der Waals surface area contributed by atoms with E-state index in [4.69, 9.17) is 4.98 Å². The standard InChI is InChI=1S/C28H34N6O3/c1-17(18-9-7-6-8-10-18)31-22-13-19(11-12-29-22)21-14-23(35)33(5)26(32-21)34-20-15-28(30-16-20,27(2,3)4)24(34)25(36)37/h6-14,17,20,24,30H,15-16H2,1-5H3,(H,29,31)(H,36,37)/t17-,20?,24?,28?/m1/s1. The van der Waals surface area contributed by atoms with Crippen molar-refractivity contribution in [2.75, 3.05) is 16.8 Å². The van der Waals surface area contributed by atoms with Crippen LogP contribution in [0, 0.1) is 5.41 Å². The maximum Gasteiger partial charge on any atom is 0.328 e. The molecular formula is C28H34N6O3. The van der Waals surface area contributed by atoms with Crippen molar-refractivity contribution < 1.29 is 9.90 Å². The van der Waals surface area contributed by atoms with Crippen LogP contribution < -0.4 is 21.1 Å². The average Bonchev–Trinajstić information content (AvgIpc) is 3.45. The van der Waals surface area contributed by atoms with Gasteiger partial charge in [-0.2, -0.15) is 0 Å². The van der Waals surface area contributed by atoms with Crippen LogP contribution in [0.3, 0.4) is 0 Å². The first-order valence-electron chi connectivity index (χ1n) is 12.6. The van der Waals surface area contributed by atoms with Gasteiger partial charge in [-0.1, -0.05) is 51.1 Å². The third-order valence-corrected chi connectivity index (χ3v) is 7.98. The number of benzene rings is 1. The molecule has 4 heterocycles. The van der Waals surface area contributed by atoms with E-state index in [-0.39, 0.29) is 23.1 Å². The van der Waals surface area contributed by atoms with Crippen molar-refractivity contribution in [3.63, 3.8) is 0 Å². The van der Waals surface area contributed by atoms with E-state index >= 15 is 0 Å². The molecule has 37 heavy (non-hydrogen) atoms. The second kappa shape index (κ2) is 8.99. The highest BCUT2D eigenvalue weighted by Crippen LogP contribution is 2.50. The second-order valence-electron chi connectivity index (χ2n) is 11.2. The van der Waals surface area contributed by atoms with Gasteiger partial charge in [0.25, 0.3) is 5.56 Å². The Labute approximate surface area is 216 Å². The highest BCUT2D eigenvalue weighted by molar-refractivity contribution is 5.82. The lowest BCUT2D eigenvalue weighted by molar-refractivity contribution is -0.141. The molecule has 0 radical (unpaired) electrons. The highest BCUT2D eigenvalue weighted by atomic mass is 16.4. The Hall–Kier alpha value is -3.72. The molecule has 4 atom stereocenters. The molecule has 2 fully saturated rings. The zero-order valence-electron chi connectivity index (χ0n) is 21.9. The normalized spacial score (nSPS) is 23.8. The number of pyridine rings is 1. The van der Waals surface area contributed by atoms with Gasteiger partial charge in [0, 0.05) is 43.5 Å². The molecule has 194 valence electrons. The van der Waals surface area contributed by atoms with Crippen LogP contribution in [0.5, 0.6) is 0 Å². The molecule has 0 amide bonds. The van der Waals surface area contributed by atoms with Gasteiger partial charge in [-0.25, -0.2) is 14.8 Å². The lowest BCUT2D eigenvalue weighted by atomic mass is 9.69. The summed E-state index contributed by atoms with van der Waals surface area (Å²) < 4.78 is 1.45. The molecule has 0 saturated carbocycles. The van der Waals surface area contributed by atoms with Gasteiger partial charge < -0.3 is 20.6 Å². The van der Waals surface area contributed by atoms with E-state index in [0.717, 1.165) is 11.1 Å². The number of carboxylic acids is 1. The van der Waals surface area contributed by atoms with Gasteiger partial charge in [-0.05, 0) is 36.5 Å². The number of hydrogen-bond acceptors (Lipinski definition) is 7. The minimum atomic E-state index is -0.922. The zero-order valence-corrected chi connectivity index (χ0v) is 21.9. The van der Waals surface area contributed by atoms with E-state index in [0.29, 0.717) is 30.4 Å². The van der Waals surface area contributed by atoms with E-state index in [9.17, 15) is 14.7 Å². The summed E-state index contributed by atoms with van der Waals surface area (Å²) in [7, 11) is 1.65. The first-order valence-corrected chi connectivity index (χ1v) is 12.6. The van der Waals surface area contributed by atoms with Gasteiger partial charge in [-0.3, -0.25) is 9.36 Å². The van der Waals surface area contributed by atoms with Crippen LogP contribution in [-0.4, -0.2) is 49.8 Å². The summed E-state index contributed by atoms with van der Waals surface area (Å²) >= 11 is 0. The van der Waals surface area contributed by atoms with Gasteiger partial charge in [0.05, 0.1) is 11.2 Å². The van der Waals surface area contributed by atoms with E-state index < -0.39 is 17.6 Å². The van der Waals surface area contributed by atoms with Crippen molar-refractivity contribution in [2.45, 2.75) is 57.8 Å². The maximum absolute atomic E-state index is 13.1. The molecule has 2 aliphatic rings. The summed E-state index contributed by atoms with van der Waals surface area (Å²) in [5.41, 5.74) is 1.18. The van der Waals surface area contributed by atoms with Crippen LogP contribution in [0.15, 0.2) is 59.5 Å². The fraction of sp³-hybridized carbons (Fsp3) is 0.429. The van der Waals surface area contributed by atoms with Crippen LogP contribution in [0.1, 0.15) is 45.7 Å². The fourth-order valence-electron chi connectivity index (χ4n) is 5.88.